The van der Waals surface area contributed by atoms with Gasteiger partial charge < -0.3 is 10.1 Å². The van der Waals surface area contributed by atoms with Crippen LogP contribution in [0, 0.1) is 5.82 Å². The van der Waals surface area contributed by atoms with Crippen LogP contribution in [0.2, 0.25) is 0 Å². The van der Waals surface area contributed by atoms with Crippen LogP contribution in [0.15, 0.2) is 89.8 Å². The summed E-state index contributed by atoms with van der Waals surface area (Å²) in [6, 6.07) is 24.4. The third-order valence-electron chi connectivity index (χ3n) is 4.66. The number of halogens is 1. The van der Waals surface area contributed by atoms with Crippen molar-refractivity contribution in [2.45, 2.75) is 24.0 Å². The highest BCUT2D eigenvalue weighted by Crippen LogP contribution is 2.31. The van der Waals surface area contributed by atoms with Crippen LogP contribution in [-0.4, -0.2) is 17.6 Å². The summed E-state index contributed by atoms with van der Waals surface area (Å²) in [4.78, 5) is 26.2. The smallest absolute Gasteiger partial charge is 0.408 e. The van der Waals surface area contributed by atoms with Gasteiger partial charge in [0.15, 0.2) is 5.78 Å². The van der Waals surface area contributed by atoms with Gasteiger partial charge in [0, 0.05) is 10.6 Å². The molecule has 1 amide bonds. The normalized spacial score (nSPS) is 12.6. The molecule has 0 radical (unpaired) electrons. The number of alkyl carbamates (subject to hydrolysis) is 1. The predicted octanol–water partition coefficient (Wildman–Crippen LogP) is 5.33. The summed E-state index contributed by atoms with van der Waals surface area (Å²) in [6.07, 6.45) is -0.683. The van der Waals surface area contributed by atoms with E-state index in [0.29, 0.717) is 5.56 Å². The molecule has 0 aliphatic heterocycles. The third-order valence-corrected chi connectivity index (χ3v) is 5.85. The maximum Gasteiger partial charge on any atom is 0.408 e. The van der Waals surface area contributed by atoms with Crippen molar-refractivity contribution in [3.05, 3.63) is 102 Å². The van der Waals surface area contributed by atoms with Crippen LogP contribution < -0.4 is 5.32 Å². The number of carbonyl (C=O) groups is 2. The number of hydrogen-bond donors (Lipinski definition) is 1. The highest BCUT2D eigenvalue weighted by Gasteiger charge is 2.39. The number of ether oxygens (including phenoxy) is 1. The minimum atomic E-state index is -1.28. The molecule has 0 aliphatic rings. The van der Waals surface area contributed by atoms with E-state index in [9.17, 15) is 14.0 Å². The summed E-state index contributed by atoms with van der Waals surface area (Å²) in [7, 11) is 0. The molecular formula is C24H22FNO3S. The van der Waals surface area contributed by atoms with Crippen LogP contribution >= 0.6 is 11.8 Å². The molecule has 0 bridgehead atoms. The Kier molecular flexibility index (Phi) is 7.25. The average molecular weight is 424 g/mol. The van der Waals surface area contributed by atoms with Crippen LogP contribution in [0.3, 0.4) is 0 Å². The molecule has 3 aromatic rings. The molecule has 0 fully saturated rings. The zero-order valence-corrected chi connectivity index (χ0v) is 17.3. The van der Waals surface area contributed by atoms with Crippen molar-refractivity contribution in [3.63, 3.8) is 0 Å². The van der Waals surface area contributed by atoms with Gasteiger partial charge in [-0.2, -0.15) is 0 Å². The monoisotopic (exact) mass is 423 g/mol. The second-order valence-electron chi connectivity index (χ2n) is 6.76. The zero-order chi connectivity index (χ0) is 21.4. The van der Waals surface area contributed by atoms with Gasteiger partial charge in [-0.05, 0) is 42.3 Å². The van der Waals surface area contributed by atoms with E-state index in [-0.39, 0.29) is 24.0 Å². The van der Waals surface area contributed by atoms with Crippen molar-refractivity contribution >= 4 is 23.6 Å². The maximum absolute atomic E-state index is 13.2. The molecular weight excluding hydrogens is 401 g/mol. The molecule has 6 heteroatoms. The van der Waals surface area contributed by atoms with Crippen LogP contribution in [0.4, 0.5) is 9.18 Å². The molecule has 4 nitrogen and oxygen atoms in total. The molecule has 0 saturated heterocycles. The largest absolute Gasteiger partial charge is 0.445 e. The van der Waals surface area contributed by atoms with E-state index in [2.05, 4.69) is 5.32 Å². The second-order valence-corrected chi connectivity index (χ2v) is 7.81. The first-order chi connectivity index (χ1) is 14.5. The molecule has 0 aliphatic carbocycles. The lowest BCUT2D eigenvalue weighted by molar-refractivity contribution is -0.122. The number of Topliss-reactive ketones (excluding diaryl/α,β-unsaturated/α-hetero) is 1. The van der Waals surface area contributed by atoms with Gasteiger partial charge in [-0.1, -0.05) is 60.7 Å². The lowest BCUT2D eigenvalue weighted by Gasteiger charge is -2.32. The quantitative estimate of drug-likeness (QED) is 0.498. The number of benzene rings is 3. The molecule has 0 spiro atoms. The Labute approximate surface area is 179 Å². The number of nitrogens with one attached hydrogen (secondary N) is 1. The molecule has 30 heavy (non-hydrogen) atoms. The van der Waals surface area contributed by atoms with Crippen molar-refractivity contribution in [1.82, 2.24) is 5.32 Å². The minimum Gasteiger partial charge on any atom is -0.445 e. The van der Waals surface area contributed by atoms with E-state index in [4.69, 9.17) is 4.74 Å². The Bertz CT molecular complexity index is 980. The van der Waals surface area contributed by atoms with Crippen molar-refractivity contribution < 1.29 is 18.7 Å². The van der Waals surface area contributed by atoms with Gasteiger partial charge in [-0.15, -0.1) is 11.8 Å². The van der Waals surface area contributed by atoms with Gasteiger partial charge >= 0.3 is 6.09 Å². The summed E-state index contributed by atoms with van der Waals surface area (Å²) in [5.41, 5.74) is 0.221. The predicted molar refractivity (Wildman–Crippen MR) is 116 cm³/mol. The van der Waals surface area contributed by atoms with Gasteiger partial charge in [-0.25, -0.2) is 9.18 Å². The number of thioether (sulfide) groups is 1. The fourth-order valence-corrected chi connectivity index (χ4v) is 4.12. The fraction of sp³-hybridized carbons (Fsp3) is 0.167. The van der Waals surface area contributed by atoms with Crippen LogP contribution in [0.5, 0.6) is 0 Å². The fourth-order valence-electron chi connectivity index (χ4n) is 2.96. The van der Waals surface area contributed by atoms with E-state index in [1.54, 1.807) is 24.3 Å². The van der Waals surface area contributed by atoms with Crippen molar-refractivity contribution in [3.8, 4) is 0 Å². The first kappa shape index (κ1) is 21.6. The van der Waals surface area contributed by atoms with E-state index in [0.717, 1.165) is 10.5 Å². The van der Waals surface area contributed by atoms with E-state index in [1.165, 1.54) is 30.8 Å². The number of rotatable bonds is 8. The van der Waals surface area contributed by atoms with Gasteiger partial charge in [0.1, 0.15) is 18.0 Å². The molecule has 1 atom stereocenters. The molecule has 3 aromatic carbocycles. The highest BCUT2D eigenvalue weighted by molar-refractivity contribution is 7.99. The topological polar surface area (TPSA) is 55.4 Å². The first-order valence-corrected chi connectivity index (χ1v) is 10.4. The molecule has 0 saturated carbocycles. The lowest BCUT2D eigenvalue weighted by Crippen LogP contribution is -2.53. The zero-order valence-electron chi connectivity index (χ0n) is 16.5. The van der Waals surface area contributed by atoms with Gasteiger partial charge in [0.25, 0.3) is 0 Å². The Balaban J connectivity index is 1.81. The van der Waals surface area contributed by atoms with Gasteiger partial charge in [0.2, 0.25) is 0 Å². The van der Waals surface area contributed by atoms with E-state index < -0.39 is 11.6 Å². The average Bonchev–Trinajstić information content (AvgIpc) is 2.77. The number of ketones is 1. The Hall–Kier alpha value is -3.12. The van der Waals surface area contributed by atoms with Crippen LogP contribution in [0.25, 0.3) is 0 Å². The summed E-state index contributed by atoms with van der Waals surface area (Å²) in [5, 5.41) is 2.79. The Morgan fingerprint density at radius 1 is 0.933 bits per heavy atom. The lowest BCUT2D eigenvalue weighted by atomic mass is 9.88. The summed E-state index contributed by atoms with van der Waals surface area (Å²) < 4.78 is 18.6. The van der Waals surface area contributed by atoms with Crippen molar-refractivity contribution in [2.75, 3.05) is 5.75 Å². The Morgan fingerprint density at radius 2 is 1.53 bits per heavy atom. The number of hydrogen-bond acceptors (Lipinski definition) is 4. The summed E-state index contributed by atoms with van der Waals surface area (Å²) >= 11 is 1.36. The second kappa shape index (κ2) is 10.1. The Morgan fingerprint density at radius 3 is 2.13 bits per heavy atom. The molecule has 0 heterocycles. The molecule has 0 unspecified atom stereocenters. The molecule has 1 N–H and O–H groups in total. The van der Waals surface area contributed by atoms with E-state index >= 15 is 0 Å². The number of carbonyl (C=O) groups excluding carboxylic acids is 2. The van der Waals surface area contributed by atoms with Gasteiger partial charge in [0.05, 0.1) is 0 Å². The molecule has 154 valence electrons. The van der Waals surface area contributed by atoms with Crippen LogP contribution in [0.1, 0.15) is 18.1 Å². The standard InChI is InChI=1S/C24H22FNO3S/c1-18(27)24(20-10-6-3-7-11-20,17-30-22-14-12-21(25)13-15-22)26-23(28)29-16-19-8-4-2-5-9-19/h2-15H,16-17H2,1H3,(H,26,28)/t24-/m0/s1. The SMILES string of the molecule is CC(=O)[C@](CSc1ccc(F)cc1)(NC(=O)OCc1ccccc1)c1ccccc1. The summed E-state index contributed by atoms with van der Waals surface area (Å²) in [6.45, 7) is 1.54. The number of amides is 1. The first-order valence-electron chi connectivity index (χ1n) is 9.43. The van der Waals surface area contributed by atoms with Crippen LogP contribution in [-0.2, 0) is 21.7 Å². The molecule has 0 aromatic heterocycles. The van der Waals surface area contributed by atoms with Gasteiger partial charge in [-0.3, -0.25) is 4.79 Å². The van der Waals surface area contributed by atoms with E-state index in [1.807, 2.05) is 48.5 Å². The highest BCUT2D eigenvalue weighted by atomic mass is 32.2. The maximum atomic E-state index is 13.2. The minimum absolute atomic E-state index is 0.0978. The summed E-state index contributed by atoms with van der Waals surface area (Å²) in [5.74, 6) is -0.318. The van der Waals surface area contributed by atoms with Crippen molar-refractivity contribution in [2.24, 2.45) is 0 Å². The van der Waals surface area contributed by atoms with Crippen molar-refractivity contribution in [1.29, 1.82) is 0 Å². The molecule has 3 rings (SSSR count). The third kappa shape index (κ3) is 5.48.